The Morgan fingerprint density at radius 1 is 0.887 bits per heavy atom. The number of hydrazine groups is 1. The number of carbonyl (C=O) groups is 5. The largest absolute Gasteiger partial charge is 0.339 e. The number of imide groups is 2. The Morgan fingerprint density at radius 3 is 2.45 bits per heavy atom. The van der Waals surface area contributed by atoms with Crippen LogP contribution >= 0.6 is 0 Å². The average Bonchev–Trinajstić information content (AvgIpc) is 3.89. The Kier molecular flexibility index (Phi) is 12.8. The molecule has 0 aromatic heterocycles. The van der Waals surface area contributed by atoms with Crippen molar-refractivity contribution in [2.45, 2.75) is 140 Å². The van der Waals surface area contributed by atoms with Crippen LogP contribution in [0.25, 0.3) is 0 Å². The Bertz CT molecular complexity index is 1340. The van der Waals surface area contributed by atoms with E-state index in [0.717, 1.165) is 102 Å². The lowest BCUT2D eigenvalue weighted by Gasteiger charge is -2.45. The van der Waals surface area contributed by atoms with E-state index in [0.29, 0.717) is 49.3 Å². The maximum absolute atomic E-state index is 13.5. The van der Waals surface area contributed by atoms with Gasteiger partial charge in [0, 0.05) is 63.3 Å². The third-order valence-corrected chi connectivity index (χ3v) is 13.6. The van der Waals surface area contributed by atoms with E-state index >= 15 is 0 Å². The van der Waals surface area contributed by atoms with Crippen LogP contribution in [0, 0.1) is 17.8 Å². The maximum Gasteiger partial charge on any atom is 0.249 e. The van der Waals surface area contributed by atoms with E-state index in [1.54, 1.807) is 0 Å². The topological polar surface area (TPSA) is 170 Å². The molecule has 0 aromatic carbocycles. The summed E-state index contributed by atoms with van der Waals surface area (Å²) in [5, 5.41) is 19.8. The number of hydrogen-bond acceptors (Lipinski definition) is 12. The van der Waals surface area contributed by atoms with Crippen LogP contribution < -0.4 is 32.0 Å². The molecule has 5 amide bonds. The number of fused-ring (bicyclic) bond motifs is 2. The van der Waals surface area contributed by atoms with Crippen molar-refractivity contribution in [1.82, 2.24) is 51.7 Å². The molecule has 296 valence electrons. The minimum absolute atomic E-state index is 0.0953. The fourth-order valence-electron chi connectivity index (χ4n) is 10.6. The van der Waals surface area contributed by atoms with Gasteiger partial charge in [0.2, 0.25) is 29.5 Å². The predicted molar refractivity (Wildman–Crippen MR) is 198 cm³/mol. The van der Waals surface area contributed by atoms with Gasteiger partial charge < -0.3 is 15.5 Å². The van der Waals surface area contributed by atoms with Gasteiger partial charge in [0.05, 0.1) is 30.7 Å². The molecule has 7 unspecified atom stereocenters. The number of likely N-dealkylation sites (tertiary alicyclic amines) is 1. The van der Waals surface area contributed by atoms with Crippen LogP contribution in [0.4, 0.5) is 0 Å². The zero-order chi connectivity index (χ0) is 37.1. The summed E-state index contributed by atoms with van der Waals surface area (Å²) in [6.45, 7) is 10.9. The summed E-state index contributed by atoms with van der Waals surface area (Å²) in [7, 11) is 0. The first-order valence-corrected chi connectivity index (χ1v) is 20.9. The number of amides is 5. The van der Waals surface area contributed by atoms with Gasteiger partial charge in [-0.1, -0.05) is 33.1 Å². The Hall–Kier alpha value is -2.53. The first-order chi connectivity index (χ1) is 25.7. The highest BCUT2D eigenvalue weighted by atomic mass is 16.2. The second-order valence-corrected chi connectivity index (χ2v) is 16.7. The second kappa shape index (κ2) is 17.5. The summed E-state index contributed by atoms with van der Waals surface area (Å²) in [4.78, 5) is 69.6. The van der Waals surface area contributed by atoms with Gasteiger partial charge in [0.1, 0.15) is 6.04 Å². The Balaban J connectivity index is 0.783. The van der Waals surface area contributed by atoms with Crippen molar-refractivity contribution in [1.29, 1.82) is 0 Å². The highest BCUT2D eigenvalue weighted by Gasteiger charge is 2.55. The molecule has 53 heavy (non-hydrogen) atoms. The standard InChI is InChI=1S/C38H64N10O5/c1-3-24(4-2)29-22-32(48-31(43-29)13-15-41-48)42-26-10-9-25(21-26)40-23-34(50)46-19-17-45(18-20-46)16-6-14-39-28-8-5-7-27-35(28)38(53)47(37(27)52)30-11-12-33(49)44-36(30)51/h24-32,35,39-43H,3-23H2,1-2H3,(H,44,49,51)/t25-,26-,27?,28?,29?,30?,31?,32?,35?/m0/s1. The summed E-state index contributed by atoms with van der Waals surface area (Å²) in [5.74, 6) is -1.38. The molecular formula is C38H64N10O5. The van der Waals surface area contributed by atoms with Gasteiger partial charge in [-0.25, -0.2) is 5.01 Å². The fourth-order valence-corrected chi connectivity index (χ4v) is 10.6. The summed E-state index contributed by atoms with van der Waals surface area (Å²) in [6, 6.07) is 0.397. The first-order valence-electron chi connectivity index (χ1n) is 20.9. The third-order valence-electron chi connectivity index (χ3n) is 13.6. The van der Waals surface area contributed by atoms with Gasteiger partial charge in [0.25, 0.3) is 0 Å². The summed E-state index contributed by atoms with van der Waals surface area (Å²) in [6.07, 6.45) is 12.3. The van der Waals surface area contributed by atoms with Crippen molar-refractivity contribution in [3.05, 3.63) is 0 Å². The zero-order valence-corrected chi connectivity index (χ0v) is 32.0. The summed E-state index contributed by atoms with van der Waals surface area (Å²) >= 11 is 0. The molecule has 15 nitrogen and oxygen atoms in total. The van der Waals surface area contributed by atoms with Crippen LogP contribution in [0.3, 0.4) is 0 Å². The van der Waals surface area contributed by atoms with E-state index in [1.807, 2.05) is 4.90 Å². The molecule has 0 bridgehead atoms. The number of carbonyl (C=O) groups excluding carboxylic acids is 5. The Labute approximate surface area is 314 Å². The molecule has 5 heterocycles. The minimum atomic E-state index is -0.884. The molecule has 2 saturated carbocycles. The van der Waals surface area contributed by atoms with Gasteiger partial charge in [0.15, 0.2) is 0 Å². The molecular weight excluding hydrogens is 676 g/mol. The van der Waals surface area contributed by atoms with Crippen molar-refractivity contribution >= 4 is 29.5 Å². The molecule has 7 rings (SSSR count). The second-order valence-electron chi connectivity index (χ2n) is 16.7. The monoisotopic (exact) mass is 741 g/mol. The highest BCUT2D eigenvalue weighted by Crippen LogP contribution is 2.40. The first kappa shape index (κ1) is 38.7. The third kappa shape index (κ3) is 8.66. The molecule has 6 N–H and O–H groups in total. The van der Waals surface area contributed by atoms with E-state index in [-0.39, 0.29) is 42.5 Å². The molecule has 0 radical (unpaired) electrons. The van der Waals surface area contributed by atoms with E-state index in [9.17, 15) is 24.0 Å². The molecule has 0 spiro atoms. The number of nitrogens with zero attached hydrogens (tertiary/aromatic N) is 4. The van der Waals surface area contributed by atoms with Crippen molar-refractivity contribution in [3.8, 4) is 0 Å². The smallest absolute Gasteiger partial charge is 0.249 e. The van der Waals surface area contributed by atoms with Crippen LogP contribution in [0.5, 0.6) is 0 Å². The predicted octanol–water partition coefficient (Wildman–Crippen LogP) is -0.170. The van der Waals surface area contributed by atoms with Gasteiger partial charge in [-0.15, -0.1) is 0 Å². The van der Waals surface area contributed by atoms with Crippen molar-refractivity contribution in [2.24, 2.45) is 17.8 Å². The highest BCUT2D eigenvalue weighted by molar-refractivity contribution is 6.11. The number of piperazine rings is 1. The average molecular weight is 741 g/mol. The fraction of sp³-hybridized carbons (Fsp3) is 0.868. The maximum atomic E-state index is 13.5. The number of rotatable bonds is 14. The lowest BCUT2D eigenvalue weighted by Crippen LogP contribution is -2.66. The summed E-state index contributed by atoms with van der Waals surface area (Å²) in [5.41, 5.74) is 3.61. The van der Waals surface area contributed by atoms with Gasteiger partial charge in [-0.2, -0.15) is 0 Å². The van der Waals surface area contributed by atoms with Crippen LogP contribution in [0.15, 0.2) is 0 Å². The quantitative estimate of drug-likeness (QED) is 0.103. The lowest BCUT2D eigenvalue weighted by atomic mass is 9.77. The molecule has 7 fully saturated rings. The van der Waals surface area contributed by atoms with Crippen LogP contribution in [0.1, 0.15) is 97.3 Å². The van der Waals surface area contributed by atoms with Crippen LogP contribution in [-0.2, 0) is 24.0 Å². The van der Waals surface area contributed by atoms with E-state index in [2.05, 4.69) is 55.8 Å². The molecule has 15 heteroatoms. The van der Waals surface area contributed by atoms with Crippen molar-refractivity contribution in [2.75, 3.05) is 52.4 Å². The summed E-state index contributed by atoms with van der Waals surface area (Å²) < 4.78 is 0. The minimum Gasteiger partial charge on any atom is -0.339 e. The molecule has 2 aliphatic carbocycles. The normalized spacial score (nSPS) is 35.6. The van der Waals surface area contributed by atoms with Crippen LogP contribution in [0.2, 0.25) is 0 Å². The van der Waals surface area contributed by atoms with Crippen LogP contribution in [-0.4, -0.2) is 144 Å². The van der Waals surface area contributed by atoms with E-state index in [1.165, 1.54) is 12.8 Å². The van der Waals surface area contributed by atoms with Gasteiger partial charge in [-0.3, -0.25) is 55.1 Å². The van der Waals surface area contributed by atoms with Crippen molar-refractivity contribution < 1.29 is 24.0 Å². The van der Waals surface area contributed by atoms with Gasteiger partial charge in [-0.05, 0) is 76.8 Å². The number of piperidine rings is 1. The van der Waals surface area contributed by atoms with E-state index in [4.69, 9.17) is 0 Å². The molecule has 5 saturated heterocycles. The molecule has 0 aromatic rings. The molecule has 9 atom stereocenters. The SMILES string of the molecule is CCC(CC)C1CC(N[C@H]2CC[C@H](NCC(=O)N3CCN(CCCNC4CCCC5C(=O)N(C6CCC(=O)NC6=O)C(=O)C45)CC3)C2)N2NCCC2N1. The lowest BCUT2D eigenvalue weighted by molar-refractivity contribution is -0.151. The number of hydrogen-bond donors (Lipinski definition) is 6. The number of nitrogens with one attached hydrogen (secondary N) is 6. The zero-order valence-electron chi connectivity index (χ0n) is 32.0. The van der Waals surface area contributed by atoms with Crippen molar-refractivity contribution in [3.63, 3.8) is 0 Å². The molecule has 7 aliphatic rings. The molecule has 5 aliphatic heterocycles. The van der Waals surface area contributed by atoms with Gasteiger partial charge >= 0.3 is 0 Å². The van der Waals surface area contributed by atoms with E-state index < -0.39 is 23.8 Å². The Morgan fingerprint density at radius 2 is 1.68 bits per heavy atom.